The molecule has 1 N–H and O–H groups in total. The van der Waals surface area contributed by atoms with Crippen molar-refractivity contribution in [1.82, 2.24) is 14.4 Å². The van der Waals surface area contributed by atoms with E-state index in [9.17, 15) is 4.79 Å². The number of hydrogen-bond donors (Lipinski definition) is 1. The van der Waals surface area contributed by atoms with Crippen LogP contribution in [0.4, 0.5) is 5.13 Å². The zero-order valence-corrected chi connectivity index (χ0v) is 13.6. The third-order valence-corrected chi connectivity index (χ3v) is 4.59. The van der Waals surface area contributed by atoms with E-state index < -0.39 is 0 Å². The Balaban J connectivity index is 1.70. The van der Waals surface area contributed by atoms with Gasteiger partial charge in [-0.1, -0.05) is 22.9 Å². The summed E-state index contributed by atoms with van der Waals surface area (Å²) < 4.78 is 2.77. The predicted octanol–water partition coefficient (Wildman–Crippen LogP) is 4.16. The molecule has 1 amide bonds. The second-order valence-electron chi connectivity index (χ2n) is 5.12. The lowest BCUT2D eigenvalue weighted by Crippen LogP contribution is -2.13. The van der Waals surface area contributed by atoms with E-state index in [1.165, 1.54) is 11.3 Å². The molecule has 0 fully saturated rings. The van der Waals surface area contributed by atoms with Crippen LogP contribution in [-0.4, -0.2) is 20.3 Å². The van der Waals surface area contributed by atoms with Gasteiger partial charge in [0.1, 0.15) is 5.65 Å². The second-order valence-corrected chi connectivity index (χ2v) is 6.59. The second kappa shape index (κ2) is 5.33. The Morgan fingerprint density at radius 3 is 3.04 bits per heavy atom. The highest BCUT2D eigenvalue weighted by Gasteiger charge is 2.14. The number of carbonyl (C=O) groups is 1. The highest BCUT2D eigenvalue weighted by atomic mass is 35.5. The minimum absolute atomic E-state index is 0.230. The standard InChI is InChI=1S/C16H11ClN4OS/c1-9-8-21-6-2-3-11(14(21)18-9)15(22)20-16-19-12-5-4-10(17)7-13(12)23-16/h2-8H,1H3,(H,19,20,22). The Morgan fingerprint density at radius 1 is 1.30 bits per heavy atom. The van der Waals surface area contributed by atoms with Crippen molar-refractivity contribution in [2.45, 2.75) is 6.92 Å². The van der Waals surface area contributed by atoms with Crippen LogP contribution in [0.2, 0.25) is 5.02 Å². The summed E-state index contributed by atoms with van der Waals surface area (Å²) >= 11 is 7.37. The van der Waals surface area contributed by atoms with Gasteiger partial charge in [-0.3, -0.25) is 10.1 Å². The molecular weight excluding hydrogens is 332 g/mol. The molecule has 7 heteroatoms. The number of nitrogens with zero attached hydrogens (tertiary/aromatic N) is 3. The van der Waals surface area contributed by atoms with Crippen LogP contribution in [0.15, 0.2) is 42.7 Å². The van der Waals surface area contributed by atoms with Crippen molar-refractivity contribution in [2.24, 2.45) is 0 Å². The first kappa shape index (κ1) is 14.2. The molecule has 1 aromatic carbocycles. The molecule has 23 heavy (non-hydrogen) atoms. The summed E-state index contributed by atoms with van der Waals surface area (Å²) in [5, 5.41) is 4.03. The first-order chi connectivity index (χ1) is 11.1. The van der Waals surface area contributed by atoms with E-state index in [1.807, 2.05) is 41.9 Å². The Labute approximate surface area is 140 Å². The molecule has 4 rings (SSSR count). The summed E-state index contributed by atoms with van der Waals surface area (Å²) in [5.41, 5.74) is 2.81. The molecule has 5 nitrogen and oxygen atoms in total. The topological polar surface area (TPSA) is 59.3 Å². The zero-order valence-electron chi connectivity index (χ0n) is 12.1. The normalized spacial score (nSPS) is 11.2. The largest absolute Gasteiger partial charge is 0.306 e. The lowest BCUT2D eigenvalue weighted by atomic mass is 10.2. The van der Waals surface area contributed by atoms with Crippen LogP contribution in [0, 0.1) is 6.92 Å². The van der Waals surface area contributed by atoms with Crippen molar-refractivity contribution in [3.63, 3.8) is 0 Å². The summed E-state index contributed by atoms with van der Waals surface area (Å²) in [6.07, 6.45) is 3.75. The SMILES string of the molecule is Cc1cn2cccc(C(=O)Nc3nc4ccc(Cl)cc4s3)c2n1. The number of carbonyl (C=O) groups excluding carboxylic acids is 1. The van der Waals surface area contributed by atoms with E-state index in [4.69, 9.17) is 11.6 Å². The third kappa shape index (κ3) is 2.56. The number of thiazole rings is 1. The number of fused-ring (bicyclic) bond motifs is 2. The van der Waals surface area contributed by atoms with E-state index in [1.54, 1.807) is 12.1 Å². The van der Waals surface area contributed by atoms with Gasteiger partial charge in [0.05, 0.1) is 21.5 Å². The van der Waals surface area contributed by atoms with Gasteiger partial charge in [-0.2, -0.15) is 0 Å². The number of imidazole rings is 1. The molecular formula is C16H11ClN4OS. The Bertz CT molecular complexity index is 1050. The highest BCUT2D eigenvalue weighted by molar-refractivity contribution is 7.22. The monoisotopic (exact) mass is 342 g/mol. The molecule has 0 saturated heterocycles. The van der Waals surface area contributed by atoms with Crippen molar-refractivity contribution in [2.75, 3.05) is 5.32 Å². The number of benzene rings is 1. The van der Waals surface area contributed by atoms with Crippen molar-refractivity contribution in [3.8, 4) is 0 Å². The van der Waals surface area contributed by atoms with Crippen LogP contribution >= 0.6 is 22.9 Å². The molecule has 0 radical (unpaired) electrons. The molecule has 114 valence electrons. The van der Waals surface area contributed by atoms with Gasteiger partial charge in [-0.05, 0) is 37.3 Å². The number of aromatic nitrogens is 3. The minimum Gasteiger partial charge on any atom is -0.306 e. The number of pyridine rings is 1. The first-order valence-electron chi connectivity index (χ1n) is 6.92. The third-order valence-electron chi connectivity index (χ3n) is 3.42. The molecule has 0 spiro atoms. The first-order valence-corrected chi connectivity index (χ1v) is 8.11. The minimum atomic E-state index is -0.230. The number of anilines is 1. The average molecular weight is 343 g/mol. The number of aryl methyl sites for hydroxylation is 1. The van der Waals surface area contributed by atoms with Gasteiger partial charge in [0, 0.05) is 17.4 Å². The fourth-order valence-electron chi connectivity index (χ4n) is 2.43. The van der Waals surface area contributed by atoms with Crippen LogP contribution in [0.25, 0.3) is 15.9 Å². The number of hydrogen-bond acceptors (Lipinski definition) is 4. The van der Waals surface area contributed by atoms with Crippen LogP contribution in [0.3, 0.4) is 0 Å². The molecule has 0 aliphatic heterocycles. The Kier molecular flexibility index (Phi) is 3.28. The van der Waals surface area contributed by atoms with E-state index in [-0.39, 0.29) is 5.91 Å². The zero-order chi connectivity index (χ0) is 16.0. The van der Waals surface area contributed by atoms with Crippen molar-refractivity contribution in [3.05, 3.63) is 59.0 Å². The van der Waals surface area contributed by atoms with Gasteiger partial charge < -0.3 is 4.40 Å². The summed E-state index contributed by atoms with van der Waals surface area (Å²) in [6, 6.07) is 9.02. The van der Waals surface area contributed by atoms with Crippen LogP contribution < -0.4 is 5.32 Å². The highest BCUT2D eigenvalue weighted by Crippen LogP contribution is 2.28. The maximum Gasteiger partial charge on any atom is 0.261 e. The summed E-state index contributed by atoms with van der Waals surface area (Å²) in [7, 11) is 0. The molecule has 3 aromatic heterocycles. The van der Waals surface area contributed by atoms with Crippen molar-refractivity contribution in [1.29, 1.82) is 0 Å². The molecule has 0 aliphatic carbocycles. The smallest absolute Gasteiger partial charge is 0.261 e. The van der Waals surface area contributed by atoms with Gasteiger partial charge in [0.25, 0.3) is 5.91 Å². The van der Waals surface area contributed by atoms with E-state index in [0.717, 1.165) is 15.9 Å². The number of halogens is 1. The van der Waals surface area contributed by atoms with E-state index in [0.29, 0.717) is 21.4 Å². The fraction of sp³-hybridized carbons (Fsp3) is 0.0625. The van der Waals surface area contributed by atoms with Gasteiger partial charge >= 0.3 is 0 Å². The Hall–Kier alpha value is -2.44. The molecule has 0 bridgehead atoms. The lowest BCUT2D eigenvalue weighted by Gasteiger charge is -2.03. The summed E-state index contributed by atoms with van der Waals surface area (Å²) in [6.45, 7) is 1.89. The van der Waals surface area contributed by atoms with Gasteiger partial charge in [0.15, 0.2) is 5.13 Å². The molecule has 0 aliphatic rings. The Morgan fingerprint density at radius 2 is 2.17 bits per heavy atom. The van der Waals surface area contributed by atoms with E-state index >= 15 is 0 Å². The molecule has 3 heterocycles. The fourth-order valence-corrected chi connectivity index (χ4v) is 3.57. The maximum atomic E-state index is 12.6. The van der Waals surface area contributed by atoms with Gasteiger partial charge in [-0.15, -0.1) is 0 Å². The lowest BCUT2D eigenvalue weighted by molar-refractivity contribution is 0.102. The van der Waals surface area contributed by atoms with Crippen molar-refractivity contribution >= 4 is 49.8 Å². The number of nitrogens with one attached hydrogen (secondary N) is 1. The maximum absolute atomic E-state index is 12.6. The predicted molar refractivity (Wildman–Crippen MR) is 92.5 cm³/mol. The summed E-state index contributed by atoms with van der Waals surface area (Å²) in [4.78, 5) is 21.4. The number of amides is 1. The quantitative estimate of drug-likeness (QED) is 0.595. The molecule has 0 unspecified atom stereocenters. The molecule has 4 aromatic rings. The average Bonchev–Trinajstić information content (AvgIpc) is 3.07. The van der Waals surface area contributed by atoms with E-state index in [2.05, 4.69) is 15.3 Å². The van der Waals surface area contributed by atoms with Gasteiger partial charge in [-0.25, -0.2) is 9.97 Å². The summed E-state index contributed by atoms with van der Waals surface area (Å²) in [5.74, 6) is -0.230. The van der Waals surface area contributed by atoms with Crippen LogP contribution in [0.1, 0.15) is 16.1 Å². The van der Waals surface area contributed by atoms with Crippen molar-refractivity contribution < 1.29 is 4.79 Å². The molecule has 0 saturated carbocycles. The number of rotatable bonds is 2. The van der Waals surface area contributed by atoms with Crippen LogP contribution in [0.5, 0.6) is 0 Å². The van der Waals surface area contributed by atoms with Crippen LogP contribution in [-0.2, 0) is 0 Å². The molecule has 0 atom stereocenters. The van der Waals surface area contributed by atoms with Gasteiger partial charge in [0.2, 0.25) is 0 Å².